The summed E-state index contributed by atoms with van der Waals surface area (Å²) in [7, 11) is 0. The van der Waals surface area contributed by atoms with Gasteiger partial charge in [-0.1, -0.05) is 49.2 Å². The predicted molar refractivity (Wildman–Crippen MR) is 102 cm³/mol. The number of amides is 1. The van der Waals surface area contributed by atoms with E-state index in [2.05, 4.69) is 16.5 Å². The van der Waals surface area contributed by atoms with E-state index in [0.717, 1.165) is 42.0 Å². The molecule has 5 nitrogen and oxygen atoms in total. The topological polar surface area (TPSA) is 64.0 Å². The molecule has 2 aromatic carbocycles. The normalized spacial score (nSPS) is 14.6. The summed E-state index contributed by atoms with van der Waals surface area (Å²) in [5.41, 5.74) is 1.34. The number of nitrogens with zero attached hydrogens (tertiary/aromatic N) is 2. The van der Waals surface area contributed by atoms with Crippen LogP contribution in [0.4, 0.5) is 0 Å². The van der Waals surface area contributed by atoms with Crippen LogP contribution in [0.5, 0.6) is 0 Å². The molecule has 132 valence electrons. The third kappa shape index (κ3) is 3.52. The van der Waals surface area contributed by atoms with Crippen molar-refractivity contribution in [2.45, 2.75) is 38.3 Å². The Balaban J connectivity index is 1.58. The molecule has 3 aromatic rings. The van der Waals surface area contributed by atoms with Crippen LogP contribution in [0.25, 0.3) is 22.0 Å². The number of carbonyl (C=O) groups excluding carboxylic acids is 1. The molecule has 0 aliphatic heterocycles. The van der Waals surface area contributed by atoms with Crippen LogP contribution in [-0.2, 0) is 11.3 Å². The average Bonchev–Trinajstić information content (AvgIpc) is 3.16. The van der Waals surface area contributed by atoms with Gasteiger partial charge in [0.2, 0.25) is 5.91 Å². The maximum atomic E-state index is 12.2. The zero-order chi connectivity index (χ0) is 17.9. The molecule has 0 bridgehead atoms. The van der Waals surface area contributed by atoms with E-state index >= 15 is 0 Å². The number of nitrogens with one attached hydrogen (secondary N) is 1. The summed E-state index contributed by atoms with van der Waals surface area (Å²) in [5.74, 6) is -0.151. The summed E-state index contributed by atoms with van der Waals surface area (Å²) in [5, 5.41) is 9.67. The Morgan fingerprint density at radius 1 is 1.04 bits per heavy atom. The van der Waals surface area contributed by atoms with Gasteiger partial charge in [0.1, 0.15) is 6.54 Å². The fourth-order valence-electron chi connectivity index (χ4n) is 3.54. The van der Waals surface area contributed by atoms with Crippen molar-refractivity contribution in [3.05, 3.63) is 65.0 Å². The van der Waals surface area contributed by atoms with Gasteiger partial charge in [0.25, 0.3) is 5.56 Å². The second-order valence-corrected chi connectivity index (χ2v) is 6.83. The first-order chi connectivity index (χ1) is 12.7. The molecule has 0 unspecified atom stereocenters. The number of hydrogen-bond acceptors (Lipinski definition) is 3. The molecule has 1 aromatic heterocycles. The molecule has 1 fully saturated rings. The zero-order valence-corrected chi connectivity index (χ0v) is 14.5. The highest BCUT2D eigenvalue weighted by molar-refractivity contribution is 5.86. The van der Waals surface area contributed by atoms with Gasteiger partial charge in [-0.2, -0.15) is 5.10 Å². The number of benzene rings is 2. The third-order valence-corrected chi connectivity index (χ3v) is 4.93. The summed E-state index contributed by atoms with van der Waals surface area (Å²) in [6.45, 7) is -0.0449. The van der Waals surface area contributed by atoms with E-state index < -0.39 is 0 Å². The van der Waals surface area contributed by atoms with E-state index in [1.807, 2.05) is 36.4 Å². The van der Waals surface area contributed by atoms with Gasteiger partial charge in [-0.05, 0) is 35.7 Å². The lowest BCUT2D eigenvalue weighted by Crippen LogP contribution is -2.38. The van der Waals surface area contributed by atoms with Crippen molar-refractivity contribution >= 4 is 16.7 Å². The minimum Gasteiger partial charge on any atom is -0.352 e. The minimum absolute atomic E-state index is 0.0449. The number of carbonyl (C=O) groups is 1. The van der Waals surface area contributed by atoms with Gasteiger partial charge < -0.3 is 5.32 Å². The molecule has 1 amide bonds. The molecule has 26 heavy (non-hydrogen) atoms. The van der Waals surface area contributed by atoms with Crippen LogP contribution in [0.2, 0.25) is 0 Å². The van der Waals surface area contributed by atoms with Crippen molar-refractivity contribution in [3.8, 4) is 11.3 Å². The highest BCUT2D eigenvalue weighted by atomic mass is 16.2. The summed E-state index contributed by atoms with van der Waals surface area (Å²) in [4.78, 5) is 24.3. The van der Waals surface area contributed by atoms with E-state index in [-0.39, 0.29) is 24.1 Å². The Morgan fingerprint density at radius 2 is 1.81 bits per heavy atom. The second-order valence-electron chi connectivity index (χ2n) is 6.83. The lowest BCUT2D eigenvalue weighted by molar-refractivity contribution is -0.122. The van der Waals surface area contributed by atoms with Crippen LogP contribution in [0.15, 0.2) is 59.4 Å². The molecule has 0 radical (unpaired) electrons. The van der Waals surface area contributed by atoms with Crippen molar-refractivity contribution in [2.24, 2.45) is 0 Å². The quantitative estimate of drug-likeness (QED) is 0.789. The van der Waals surface area contributed by atoms with Gasteiger partial charge in [-0.25, -0.2) is 4.68 Å². The molecular formula is C21H21N3O2. The Kier molecular flexibility index (Phi) is 4.52. The first-order valence-electron chi connectivity index (χ1n) is 9.06. The van der Waals surface area contributed by atoms with Crippen LogP contribution in [0, 0.1) is 0 Å². The monoisotopic (exact) mass is 347 g/mol. The molecule has 5 heteroatoms. The van der Waals surface area contributed by atoms with Crippen molar-refractivity contribution in [1.82, 2.24) is 15.1 Å². The average molecular weight is 347 g/mol. The lowest BCUT2D eigenvalue weighted by Gasteiger charge is -2.13. The molecule has 1 saturated carbocycles. The lowest BCUT2D eigenvalue weighted by atomic mass is 10.1. The van der Waals surface area contributed by atoms with Crippen molar-refractivity contribution in [3.63, 3.8) is 0 Å². The number of fused-ring (bicyclic) bond motifs is 1. The van der Waals surface area contributed by atoms with Crippen LogP contribution in [-0.4, -0.2) is 21.7 Å². The van der Waals surface area contributed by atoms with Crippen LogP contribution in [0.1, 0.15) is 25.7 Å². The smallest absolute Gasteiger partial charge is 0.267 e. The Bertz CT molecular complexity index is 1000. The zero-order valence-electron chi connectivity index (χ0n) is 14.5. The molecule has 0 saturated heterocycles. The van der Waals surface area contributed by atoms with E-state index in [9.17, 15) is 9.59 Å². The van der Waals surface area contributed by atoms with Crippen LogP contribution in [0.3, 0.4) is 0 Å². The van der Waals surface area contributed by atoms with Crippen LogP contribution < -0.4 is 10.9 Å². The Labute approximate surface area is 151 Å². The second kappa shape index (κ2) is 7.12. The first kappa shape index (κ1) is 16.5. The van der Waals surface area contributed by atoms with Gasteiger partial charge in [-0.15, -0.1) is 0 Å². The Hall–Kier alpha value is -2.95. The molecule has 0 spiro atoms. The van der Waals surface area contributed by atoms with E-state index in [0.29, 0.717) is 5.69 Å². The molecule has 1 aliphatic carbocycles. The summed E-state index contributed by atoms with van der Waals surface area (Å²) < 4.78 is 1.24. The van der Waals surface area contributed by atoms with E-state index in [1.54, 1.807) is 6.07 Å². The van der Waals surface area contributed by atoms with Crippen molar-refractivity contribution < 1.29 is 4.79 Å². The fourth-order valence-corrected chi connectivity index (χ4v) is 3.54. The van der Waals surface area contributed by atoms with E-state index in [1.165, 1.54) is 10.7 Å². The van der Waals surface area contributed by atoms with Crippen molar-refractivity contribution in [1.29, 1.82) is 0 Å². The third-order valence-electron chi connectivity index (χ3n) is 4.93. The Morgan fingerprint density at radius 3 is 2.62 bits per heavy atom. The fraction of sp³-hybridized carbons (Fsp3) is 0.286. The first-order valence-corrected chi connectivity index (χ1v) is 9.06. The molecule has 4 rings (SSSR count). The minimum atomic E-state index is -0.267. The van der Waals surface area contributed by atoms with Gasteiger partial charge in [0.05, 0.1) is 5.69 Å². The highest BCUT2D eigenvalue weighted by Crippen LogP contribution is 2.22. The maximum absolute atomic E-state index is 12.2. The van der Waals surface area contributed by atoms with Gasteiger partial charge >= 0.3 is 0 Å². The highest BCUT2D eigenvalue weighted by Gasteiger charge is 2.17. The SMILES string of the molecule is O=C(Cn1nc(-c2ccc3ccccc3c2)ccc1=O)NC1CCCC1. The molecule has 1 heterocycles. The predicted octanol–water partition coefficient (Wildman–Crippen LogP) is 3.12. The van der Waals surface area contributed by atoms with Crippen LogP contribution >= 0.6 is 0 Å². The van der Waals surface area contributed by atoms with Gasteiger partial charge in [0, 0.05) is 17.7 Å². The molecule has 1 N–H and O–H groups in total. The van der Waals surface area contributed by atoms with Gasteiger partial charge in [-0.3, -0.25) is 9.59 Å². The maximum Gasteiger partial charge on any atom is 0.267 e. The number of rotatable bonds is 4. The summed E-state index contributed by atoms with van der Waals surface area (Å²) >= 11 is 0. The standard InChI is InChI=1S/C21H21N3O2/c25-20(22-18-7-3-4-8-18)14-24-21(26)12-11-19(23-24)17-10-9-15-5-1-2-6-16(15)13-17/h1-2,5-6,9-13,18H,3-4,7-8,14H2,(H,22,25). The van der Waals surface area contributed by atoms with E-state index in [4.69, 9.17) is 0 Å². The number of aromatic nitrogens is 2. The summed E-state index contributed by atoms with van der Waals surface area (Å²) in [6.07, 6.45) is 4.34. The summed E-state index contributed by atoms with van der Waals surface area (Å²) in [6, 6.07) is 17.6. The molecule has 0 atom stereocenters. The van der Waals surface area contributed by atoms with Gasteiger partial charge in [0.15, 0.2) is 0 Å². The van der Waals surface area contributed by atoms with Crippen molar-refractivity contribution in [2.75, 3.05) is 0 Å². The largest absolute Gasteiger partial charge is 0.352 e. The molecular weight excluding hydrogens is 326 g/mol. The number of hydrogen-bond donors (Lipinski definition) is 1. The molecule has 1 aliphatic rings.